The summed E-state index contributed by atoms with van der Waals surface area (Å²) in [5, 5.41) is 0. The fourth-order valence-electron chi connectivity index (χ4n) is 1.17. The van der Waals surface area contributed by atoms with E-state index in [0.717, 1.165) is 25.0 Å². The molecule has 0 bridgehead atoms. The van der Waals surface area contributed by atoms with Gasteiger partial charge >= 0.3 is 0 Å². The Hall–Kier alpha value is -0.440. The number of aromatic nitrogens is 1. The number of rotatable bonds is 4. The Balaban J connectivity index is 2.49. The molecule has 0 spiro atoms. The van der Waals surface area contributed by atoms with Crippen molar-refractivity contribution in [3.05, 3.63) is 29.8 Å². The van der Waals surface area contributed by atoms with Gasteiger partial charge in [-0.2, -0.15) is 0 Å². The summed E-state index contributed by atoms with van der Waals surface area (Å²) in [7, 11) is 0. The zero-order chi connectivity index (χ0) is 9.68. The maximum Gasteiger partial charge on any atom is 0.141 e. The highest BCUT2D eigenvalue weighted by molar-refractivity contribution is 9.09. The minimum atomic E-state index is -0.273. The van der Waals surface area contributed by atoms with E-state index < -0.39 is 0 Å². The molecular formula is C10H13BrFN. The molecule has 0 N–H and O–H groups in total. The molecule has 1 atom stereocenters. The second-order valence-corrected chi connectivity index (χ2v) is 4.35. The van der Waals surface area contributed by atoms with Gasteiger partial charge in [-0.05, 0) is 18.6 Å². The van der Waals surface area contributed by atoms with Crippen molar-refractivity contribution in [3.63, 3.8) is 0 Å². The van der Waals surface area contributed by atoms with Gasteiger partial charge in [-0.1, -0.05) is 29.3 Å². The van der Waals surface area contributed by atoms with Gasteiger partial charge in [-0.25, -0.2) is 4.39 Å². The third-order valence-corrected chi connectivity index (χ3v) is 2.60. The van der Waals surface area contributed by atoms with Gasteiger partial charge in [-0.3, -0.25) is 4.98 Å². The van der Waals surface area contributed by atoms with Crippen molar-refractivity contribution in [2.75, 3.05) is 0 Å². The van der Waals surface area contributed by atoms with E-state index in [4.69, 9.17) is 0 Å². The third kappa shape index (κ3) is 3.85. The summed E-state index contributed by atoms with van der Waals surface area (Å²) in [6, 6.07) is 3.19. The number of nitrogens with zero attached hydrogens (tertiary/aromatic N) is 1. The minimum absolute atomic E-state index is 0.273. The van der Waals surface area contributed by atoms with Crippen LogP contribution in [0.1, 0.15) is 25.5 Å². The van der Waals surface area contributed by atoms with E-state index in [1.165, 1.54) is 12.3 Å². The summed E-state index contributed by atoms with van der Waals surface area (Å²) in [4.78, 5) is 4.45. The van der Waals surface area contributed by atoms with E-state index in [1.807, 2.05) is 0 Å². The van der Waals surface area contributed by atoms with Crippen LogP contribution in [0.25, 0.3) is 0 Å². The van der Waals surface area contributed by atoms with Crippen LogP contribution < -0.4 is 0 Å². The van der Waals surface area contributed by atoms with Crippen LogP contribution in [-0.4, -0.2) is 9.81 Å². The number of halogens is 2. The second kappa shape index (κ2) is 5.32. The van der Waals surface area contributed by atoms with Crippen molar-refractivity contribution in [1.82, 2.24) is 4.98 Å². The Morgan fingerprint density at radius 1 is 1.54 bits per heavy atom. The Morgan fingerprint density at radius 3 is 2.85 bits per heavy atom. The molecule has 0 aliphatic carbocycles. The smallest absolute Gasteiger partial charge is 0.141 e. The van der Waals surface area contributed by atoms with Crippen LogP contribution in [0.4, 0.5) is 4.39 Å². The zero-order valence-electron chi connectivity index (χ0n) is 7.63. The van der Waals surface area contributed by atoms with Crippen molar-refractivity contribution in [1.29, 1.82) is 0 Å². The van der Waals surface area contributed by atoms with Crippen molar-refractivity contribution < 1.29 is 4.39 Å². The first kappa shape index (κ1) is 10.6. The highest BCUT2D eigenvalue weighted by atomic mass is 79.9. The van der Waals surface area contributed by atoms with Gasteiger partial charge in [0.1, 0.15) is 5.82 Å². The van der Waals surface area contributed by atoms with E-state index in [1.54, 1.807) is 6.07 Å². The van der Waals surface area contributed by atoms with E-state index >= 15 is 0 Å². The summed E-state index contributed by atoms with van der Waals surface area (Å²) in [5.74, 6) is -0.273. The summed E-state index contributed by atoms with van der Waals surface area (Å²) >= 11 is 3.56. The molecule has 0 amide bonds. The lowest BCUT2D eigenvalue weighted by Gasteiger charge is -2.06. The standard InChI is InChI=1S/C10H13BrFN/c1-2-3-8(11)6-10-5-4-9(12)7-13-10/h4-5,7-8H,2-3,6H2,1H3. The first-order chi connectivity index (χ1) is 6.22. The molecule has 0 saturated heterocycles. The van der Waals surface area contributed by atoms with Crippen LogP contribution >= 0.6 is 15.9 Å². The van der Waals surface area contributed by atoms with Gasteiger partial charge in [0.25, 0.3) is 0 Å². The molecule has 1 aromatic heterocycles. The van der Waals surface area contributed by atoms with Crippen LogP contribution in [0, 0.1) is 5.82 Å². The second-order valence-electron chi connectivity index (χ2n) is 3.06. The molecule has 1 rings (SSSR count). The van der Waals surface area contributed by atoms with Gasteiger partial charge in [0.15, 0.2) is 0 Å². The Labute approximate surface area is 86.5 Å². The van der Waals surface area contributed by atoms with E-state index in [9.17, 15) is 4.39 Å². The number of pyridine rings is 1. The topological polar surface area (TPSA) is 12.9 Å². The van der Waals surface area contributed by atoms with Crippen LogP contribution in [0.2, 0.25) is 0 Å². The molecule has 1 aromatic rings. The van der Waals surface area contributed by atoms with E-state index in [-0.39, 0.29) is 5.82 Å². The lowest BCUT2D eigenvalue weighted by Crippen LogP contribution is -2.03. The summed E-state index contributed by atoms with van der Waals surface area (Å²) < 4.78 is 12.5. The van der Waals surface area contributed by atoms with Crippen molar-refractivity contribution in [3.8, 4) is 0 Å². The molecule has 1 unspecified atom stereocenters. The van der Waals surface area contributed by atoms with Gasteiger partial charge in [0, 0.05) is 16.9 Å². The van der Waals surface area contributed by atoms with Crippen LogP contribution in [0.3, 0.4) is 0 Å². The van der Waals surface area contributed by atoms with Crippen molar-refractivity contribution in [2.45, 2.75) is 31.0 Å². The molecule has 0 aliphatic rings. The lowest BCUT2D eigenvalue weighted by atomic mass is 10.1. The quantitative estimate of drug-likeness (QED) is 0.742. The molecule has 0 radical (unpaired) electrons. The molecule has 0 fully saturated rings. The molecule has 0 saturated carbocycles. The largest absolute Gasteiger partial charge is 0.258 e. The normalized spacial score (nSPS) is 12.8. The predicted octanol–water partition coefficient (Wildman–Crippen LogP) is 3.33. The van der Waals surface area contributed by atoms with Gasteiger partial charge in [0.2, 0.25) is 0 Å². The fraction of sp³-hybridized carbons (Fsp3) is 0.500. The zero-order valence-corrected chi connectivity index (χ0v) is 9.22. The van der Waals surface area contributed by atoms with Gasteiger partial charge in [0.05, 0.1) is 6.20 Å². The Morgan fingerprint density at radius 2 is 2.31 bits per heavy atom. The molecule has 3 heteroatoms. The van der Waals surface area contributed by atoms with Crippen LogP contribution in [0.5, 0.6) is 0 Å². The number of hydrogen-bond donors (Lipinski definition) is 0. The average Bonchev–Trinajstić information content (AvgIpc) is 2.09. The Kier molecular flexibility index (Phi) is 4.36. The monoisotopic (exact) mass is 245 g/mol. The molecule has 72 valence electrons. The Bertz CT molecular complexity index is 248. The summed E-state index contributed by atoms with van der Waals surface area (Å²) in [6.07, 6.45) is 4.41. The molecular weight excluding hydrogens is 233 g/mol. The average molecular weight is 246 g/mol. The van der Waals surface area contributed by atoms with Crippen molar-refractivity contribution in [2.24, 2.45) is 0 Å². The SMILES string of the molecule is CCCC(Br)Cc1ccc(F)cn1. The molecule has 1 heterocycles. The first-order valence-corrected chi connectivity index (χ1v) is 5.38. The van der Waals surface area contributed by atoms with E-state index in [0.29, 0.717) is 4.83 Å². The maximum atomic E-state index is 12.5. The van der Waals surface area contributed by atoms with Gasteiger partial charge < -0.3 is 0 Å². The first-order valence-electron chi connectivity index (χ1n) is 4.47. The highest BCUT2D eigenvalue weighted by Crippen LogP contribution is 2.13. The predicted molar refractivity (Wildman–Crippen MR) is 55.5 cm³/mol. The van der Waals surface area contributed by atoms with E-state index in [2.05, 4.69) is 27.8 Å². The molecule has 0 aromatic carbocycles. The molecule has 0 aliphatic heterocycles. The molecule has 13 heavy (non-hydrogen) atoms. The fourth-order valence-corrected chi connectivity index (χ4v) is 1.96. The maximum absolute atomic E-state index is 12.5. The van der Waals surface area contributed by atoms with Gasteiger partial charge in [-0.15, -0.1) is 0 Å². The minimum Gasteiger partial charge on any atom is -0.258 e. The summed E-state index contributed by atoms with van der Waals surface area (Å²) in [5.41, 5.74) is 0.941. The van der Waals surface area contributed by atoms with Crippen LogP contribution in [0.15, 0.2) is 18.3 Å². The molecule has 1 nitrogen and oxygen atoms in total. The number of alkyl halides is 1. The van der Waals surface area contributed by atoms with Crippen LogP contribution in [-0.2, 0) is 6.42 Å². The highest BCUT2D eigenvalue weighted by Gasteiger charge is 2.04. The lowest BCUT2D eigenvalue weighted by molar-refractivity contribution is 0.617. The number of hydrogen-bond acceptors (Lipinski definition) is 1. The van der Waals surface area contributed by atoms with Crippen molar-refractivity contribution >= 4 is 15.9 Å². The summed E-state index contributed by atoms with van der Waals surface area (Å²) in [6.45, 7) is 2.15. The third-order valence-electron chi connectivity index (χ3n) is 1.82.